The van der Waals surface area contributed by atoms with E-state index >= 15 is 0 Å². The molecule has 4 heteroatoms. The highest BCUT2D eigenvalue weighted by Crippen LogP contribution is 2.32. The summed E-state index contributed by atoms with van der Waals surface area (Å²) >= 11 is 0. The van der Waals surface area contributed by atoms with Crippen LogP contribution < -0.4 is 9.47 Å². The summed E-state index contributed by atoms with van der Waals surface area (Å²) in [4.78, 5) is 15.1. The molecule has 1 fully saturated rings. The molecule has 2 aromatic carbocycles. The van der Waals surface area contributed by atoms with E-state index in [4.69, 9.17) is 9.47 Å². The summed E-state index contributed by atoms with van der Waals surface area (Å²) in [5.41, 5.74) is 1.88. The lowest BCUT2D eigenvalue weighted by Gasteiger charge is -2.30. The van der Waals surface area contributed by atoms with Gasteiger partial charge in [-0.25, -0.2) is 0 Å². The molecule has 1 heterocycles. The van der Waals surface area contributed by atoms with Gasteiger partial charge in [-0.2, -0.15) is 0 Å². The topological polar surface area (TPSA) is 38.8 Å². The number of carbonyl (C=O) groups excluding carboxylic acids is 1. The molecule has 0 N–H and O–H groups in total. The van der Waals surface area contributed by atoms with Crippen LogP contribution in [0.2, 0.25) is 0 Å². The van der Waals surface area contributed by atoms with E-state index in [9.17, 15) is 4.79 Å². The first kappa shape index (κ1) is 17.3. The number of benzene rings is 2. The van der Waals surface area contributed by atoms with Crippen molar-refractivity contribution in [1.29, 1.82) is 0 Å². The van der Waals surface area contributed by atoms with Crippen molar-refractivity contribution in [2.24, 2.45) is 0 Å². The third-order valence-electron chi connectivity index (χ3n) is 4.85. The largest absolute Gasteiger partial charge is 0.497 e. The van der Waals surface area contributed by atoms with Crippen molar-refractivity contribution >= 4 is 5.91 Å². The number of carbonyl (C=O) groups is 1. The molecule has 1 saturated heterocycles. The van der Waals surface area contributed by atoms with E-state index in [1.165, 1.54) is 12.0 Å². The molecule has 1 atom stereocenters. The zero-order valence-corrected chi connectivity index (χ0v) is 14.9. The Morgan fingerprint density at radius 2 is 1.48 bits per heavy atom. The normalized spacial score (nSPS) is 17.7. The molecule has 0 radical (unpaired) electrons. The molecule has 1 aliphatic heterocycles. The van der Waals surface area contributed by atoms with Crippen LogP contribution in [-0.2, 0) is 0 Å². The Bertz CT molecular complexity index is 694. The highest BCUT2D eigenvalue weighted by Gasteiger charge is 2.27. The Kier molecular flexibility index (Phi) is 5.59. The van der Waals surface area contributed by atoms with Gasteiger partial charge in [0.05, 0.1) is 20.3 Å². The number of nitrogens with zero attached hydrogens (tertiary/aromatic N) is 1. The maximum absolute atomic E-state index is 13.1. The van der Waals surface area contributed by atoms with Gasteiger partial charge in [0.1, 0.15) is 11.5 Å². The highest BCUT2D eigenvalue weighted by molar-refractivity contribution is 5.94. The molecule has 1 unspecified atom stereocenters. The SMILES string of the molecule is COc1ccc(C(=O)N2CCCCCC2c2ccc(OC)cc2)cc1. The van der Waals surface area contributed by atoms with E-state index in [1.54, 1.807) is 14.2 Å². The van der Waals surface area contributed by atoms with Crippen molar-refractivity contribution < 1.29 is 14.3 Å². The zero-order valence-electron chi connectivity index (χ0n) is 14.9. The van der Waals surface area contributed by atoms with Gasteiger partial charge in [0.25, 0.3) is 5.91 Å². The molecule has 132 valence electrons. The maximum Gasteiger partial charge on any atom is 0.254 e. The van der Waals surface area contributed by atoms with E-state index in [-0.39, 0.29) is 11.9 Å². The third kappa shape index (κ3) is 3.95. The number of hydrogen-bond donors (Lipinski definition) is 0. The molecule has 0 aromatic heterocycles. The number of amides is 1. The predicted octanol–water partition coefficient (Wildman–Crippen LogP) is 4.46. The smallest absolute Gasteiger partial charge is 0.254 e. The van der Waals surface area contributed by atoms with Crippen LogP contribution >= 0.6 is 0 Å². The van der Waals surface area contributed by atoms with Crippen molar-refractivity contribution in [1.82, 2.24) is 4.90 Å². The van der Waals surface area contributed by atoms with Crippen LogP contribution in [0.5, 0.6) is 11.5 Å². The average Bonchev–Trinajstić information content (AvgIpc) is 2.93. The number of ether oxygens (including phenoxy) is 2. The quantitative estimate of drug-likeness (QED) is 0.825. The van der Waals surface area contributed by atoms with E-state index < -0.39 is 0 Å². The fraction of sp³-hybridized carbons (Fsp3) is 0.381. The number of hydrogen-bond acceptors (Lipinski definition) is 3. The molecule has 1 amide bonds. The summed E-state index contributed by atoms with van der Waals surface area (Å²) < 4.78 is 10.4. The third-order valence-corrected chi connectivity index (χ3v) is 4.85. The zero-order chi connectivity index (χ0) is 17.6. The highest BCUT2D eigenvalue weighted by atomic mass is 16.5. The Balaban J connectivity index is 1.87. The van der Waals surface area contributed by atoms with Crippen molar-refractivity contribution in [2.45, 2.75) is 31.7 Å². The van der Waals surface area contributed by atoms with Crippen LogP contribution in [0.3, 0.4) is 0 Å². The van der Waals surface area contributed by atoms with Gasteiger partial charge in [0.2, 0.25) is 0 Å². The Labute approximate surface area is 149 Å². The molecular weight excluding hydrogens is 314 g/mol. The minimum atomic E-state index is 0.0883. The fourth-order valence-electron chi connectivity index (χ4n) is 3.42. The number of methoxy groups -OCH3 is 2. The monoisotopic (exact) mass is 339 g/mol. The van der Waals surface area contributed by atoms with Crippen molar-refractivity contribution in [3.8, 4) is 11.5 Å². The molecule has 0 spiro atoms. The summed E-state index contributed by atoms with van der Waals surface area (Å²) in [7, 11) is 3.30. The van der Waals surface area contributed by atoms with Gasteiger partial charge < -0.3 is 14.4 Å². The van der Waals surface area contributed by atoms with E-state index in [2.05, 4.69) is 12.1 Å². The lowest BCUT2D eigenvalue weighted by Crippen LogP contribution is -2.34. The molecule has 1 aliphatic rings. The first-order valence-corrected chi connectivity index (χ1v) is 8.82. The Morgan fingerprint density at radius 1 is 0.880 bits per heavy atom. The minimum Gasteiger partial charge on any atom is -0.497 e. The maximum atomic E-state index is 13.1. The van der Waals surface area contributed by atoms with Crippen molar-refractivity contribution in [2.75, 3.05) is 20.8 Å². The first-order valence-electron chi connectivity index (χ1n) is 8.82. The molecule has 4 nitrogen and oxygen atoms in total. The summed E-state index contributed by atoms with van der Waals surface area (Å²) in [5.74, 6) is 1.69. The van der Waals surface area contributed by atoms with Gasteiger partial charge in [-0.15, -0.1) is 0 Å². The van der Waals surface area contributed by atoms with Crippen LogP contribution in [0.15, 0.2) is 48.5 Å². The number of likely N-dealkylation sites (tertiary alicyclic amines) is 1. The Hall–Kier alpha value is -2.49. The molecule has 2 aromatic rings. The molecule has 25 heavy (non-hydrogen) atoms. The van der Waals surface area contributed by atoms with Gasteiger partial charge in [-0.1, -0.05) is 25.0 Å². The first-order chi connectivity index (χ1) is 12.2. The van der Waals surface area contributed by atoms with Crippen LogP contribution in [0, 0.1) is 0 Å². The second kappa shape index (κ2) is 8.06. The second-order valence-electron chi connectivity index (χ2n) is 6.37. The van der Waals surface area contributed by atoms with Crippen LogP contribution in [0.25, 0.3) is 0 Å². The van der Waals surface area contributed by atoms with Crippen LogP contribution in [0.1, 0.15) is 47.6 Å². The van der Waals surface area contributed by atoms with Gasteiger partial charge >= 0.3 is 0 Å². The fourth-order valence-corrected chi connectivity index (χ4v) is 3.42. The molecule has 0 saturated carbocycles. The summed E-state index contributed by atoms with van der Waals surface area (Å²) in [5, 5.41) is 0. The average molecular weight is 339 g/mol. The van der Waals surface area contributed by atoms with Crippen LogP contribution in [-0.4, -0.2) is 31.6 Å². The van der Waals surface area contributed by atoms with Gasteiger partial charge in [-0.05, 0) is 54.8 Å². The van der Waals surface area contributed by atoms with Gasteiger partial charge in [-0.3, -0.25) is 4.79 Å². The molecule has 3 rings (SSSR count). The van der Waals surface area contributed by atoms with Gasteiger partial charge in [0, 0.05) is 12.1 Å². The van der Waals surface area contributed by atoms with Crippen LogP contribution in [0.4, 0.5) is 0 Å². The summed E-state index contributed by atoms with van der Waals surface area (Å²) in [6.07, 6.45) is 4.35. The summed E-state index contributed by atoms with van der Waals surface area (Å²) in [6, 6.07) is 15.6. The van der Waals surface area contributed by atoms with E-state index in [0.717, 1.165) is 37.3 Å². The standard InChI is InChI=1S/C21H25NO3/c1-24-18-11-7-16(8-12-18)20-6-4-3-5-15-22(20)21(23)17-9-13-19(25-2)14-10-17/h7-14,20H,3-6,15H2,1-2H3. The minimum absolute atomic E-state index is 0.0883. The molecule has 0 bridgehead atoms. The van der Waals surface area contributed by atoms with Crippen molar-refractivity contribution in [3.05, 3.63) is 59.7 Å². The number of rotatable bonds is 4. The predicted molar refractivity (Wildman–Crippen MR) is 98.2 cm³/mol. The lowest BCUT2D eigenvalue weighted by atomic mass is 10.00. The van der Waals surface area contributed by atoms with E-state index in [1.807, 2.05) is 41.3 Å². The summed E-state index contributed by atoms with van der Waals surface area (Å²) in [6.45, 7) is 0.793. The van der Waals surface area contributed by atoms with Crippen molar-refractivity contribution in [3.63, 3.8) is 0 Å². The van der Waals surface area contributed by atoms with Gasteiger partial charge in [0.15, 0.2) is 0 Å². The Morgan fingerprint density at radius 3 is 2.08 bits per heavy atom. The van der Waals surface area contributed by atoms with E-state index in [0.29, 0.717) is 5.56 Å². The lowest BCUT2D eigenvalue weighted by molar-refractivity contribution is 0.0681. The molecule has 0 aliphatic carbocycles. The molecular formula is C21H25NO3. The second-order valence-corrected chi connectivity index (χ2v) is 6.37.